The molecular formula is C14H25N3O. The van der Waals surface area contributed by atoms with Crippen LogP contribution in [0.15, 0.2) is 4.42 Å². The maximum absolute atomic E-state index is 5.82. The van der Waals surface area contributed by atoms with E-state index in [1.54, 1.807) is 0 Å². The lowest BCUT2D eigenvalue weighted by molar-refractivity contribution is 0.332. The fourth-order valence-corrected chi connectivity index (χ4v) is 2.51. The molecule has 2 rings (SSSR count). The number of aromatic nitrogens is 2. The molecule has 1 aromatic rings. The smallest absolute Gasteiger partial charge is 0.222 e. The van der Waals surface area contributed by atoms with Crippen LogP contribution in [0.3, 0.4) is 0 Å². The minimum absolute atomic E-state index is 0.128. The van der Waals surface area contributed by atoms with Gasteiger partial charge in [-0.25, -0.2) is 0 Å². The summed E-state index contributed by atoms with van der Waals surface area (Å²) in [6, 6.07) is 0. The van der Waals surface area contributed by atoms with Gasteiger partial charge in [0.25, 0.3) is 0 Å². The van der Waals surface area contributed by atoms with Gasteiger partial charge >= 0.3 is 0 Å². The van der Waals surface area contributed by atoms with E-state index in [1.165, 1.54) is 25.7 Å². The Balaban J connectivity index is 1.90. The Morgan fingerprint density at radius 1 is 1.22 bits per heavy atom. The van der Waals surface area contributed by atoms with E-state index in [0.29, 0.717) is 0 Å². The average Bonchev–Trinajstić information content (AvgIpc) is 2.86. The number of nitrogens with one attached hydrogen (secondary N) is 1. The summed E-state index contributed by atoms with van der Waals surface area (Å²) in [5.41, 5.74) is 0.267. The van der Waals surface area contributed by atoms with Crippen LogP contribution < -0.4 is 5.32 Å². The third-order valence-electron chi connectivity index (χ3n) is 3.68. The lowest BCUT2D eigenvalue weighted by Gasteiger charge is -2.19. The first-order valence-electron chi connectivity index (χ1n) is 6.97. The summed E-state index contributed by atoms with van der Waals surface area (Å²) in [7, 11) is 0. The largest absolute Gasteiger partial charge is 0.425 e. The molecule has 18 heavy (non-hydrogen) atoms. The van der Waals surface area contributed by atoms with Crippen LogP contribution in [0.4, 0.5) is 0 Å². The van der Waals surface area contributed by atoms with Gasteiger partial charge in [0.2, 0.25) is 11.8 Å². The minimum Gasteiger partial charge on any atom is -0.425 e. The average molecular weight is 251 g/mol. The van der Waals surface area contributed by atoms with Gasteiger partial charge in [-0.15, -0.1) is 10.2 Å². The summed E-state index contributed by atoms with van der Waals surface area (Å²) in [5, 5.41) is 11.8. The van der Waals surface area contributed by atoms with Crippen molar-refractivity contribution in [3.8, 4) is 0 Å². The predicted octanol–water partition coefficient (Wildman–Crippen LogP) is 2.83. The van der Waals surface area contributed by atoms with Crippen LogP contribution in [0.1, 0.15) is 65.2 Å². The van der Waals surface area contributed by atoms with Gasteiger partial charge in [-0.2, -0.15) is 0 Å². The van der Waals surface area contributed by atoms with Crippen molar-refractivity contribution in [1.82, 2.24) is 15.5 Å². The lowest BCUT2D eigenvalue weighted by atomic mass is 9.89. The molecule has 0 amide bonds. The molecule has 0 aromatic carbocycles. The summed E-state index contributed by atoms with van der Waals surface area (Å²) in [6.45, 7) is 9.59. The van der Waals surface area contributed by atoms with E-state index >= 15 is 0 Å². The van der Waals surface area contributed by atoms with E-state index in [1.807, 2.05) is 0 Å². The number of rotatable bonds is 4. The van der Waals surface area contributed by atoms with Gasteiger partial charge in [-0.3, -0.25) is 0 Å². The van der Waals surface area contributed by atoms with Crippen molar-refractivity contribution in [1.29, 1.82) is 0 Å². The zero-order chi connectivity index (χ0) is 13.2. The van der Waals surface area contributed by atoms with Gasteiger partial charge in [0.05, 0.1) is 0 Å². The highest BCUT2D eigenvalue weighted by Crippen LogP contribution is 2.39. The number of nitrogens with zero attached hydrogens (tertiary/aromatic N) is 2. The third kappa shape index (κ3) is 3.31. The van der Waals surface area contributed by atoms with Crippen molar-refractivity contribution in [2.75, 3.05) is 6.54 Å². The molecule has 1 aromatic heterocycles. The molecule has 0 spiro atoms. The molecule has 1 saturated carbocycles. The first kappa shape index (κ1) is 13.5. The fourth-order valence-electron chi connectivity index (χ4n) is 2.51. The molecular weight excluding hydrogens is 226 g/mol. The summed E-state index contributed by atoms with van der Waals surface area (Å²) in [5.74, 6) is 1.60. The maximum Gasteiger partial charge on any atom is 0.222 e. The van der Waals surface area contributed by atoms with Crippen molar-refractivity contribution in [2.24, 2.45) is 0 Å². The molecule has 0 aliphatic heterocycles. The van der Waals surface area contributed by atoms with Crippen LogP contribution in [-0.4, -0.2) is 22.3 Å². The van der Waals surface area contributed by atoms with Crippen LogP contribution in [0.5, 0.6) is 0 Å². The molecule has 0 saturated heterocycles. The standard InChI is InChI=1S/C14H25N3O/c1-13(2,3)15-10-7-11-16-17-12(18-11)14(4)8-5-6-9-14/h15H,5-10H2,1-4H3. The van der Waals surface area contributed by atoms with Gasteiger partial charge in [0.15, 0.2) is 0 Å². The van der Waals surface area contributed by atoms with Crippen molar-refractivity contribution in [3.05, 3.63) is 11.8 Å². The molecule has 1 N–H and O–H groups in total. The summed E-state index contributed by atoms with van der Waals surface area (Å²) in [4.78, 5) is 0. The monoisotopic (exact) mass is 251 g/mol. The first-order chi connectivity index (χ1) is 8.39. The molecule has 1 heterocycles. The Morgan fingerprint density at radius 2 is 1.89 bits per heavy atom. The van der Waals surface area contributed by atoms with E-state index in [9.17, 15) is 0 Å². The molecule has 4 nitrogen and oxygen atoms in total. The second-order valence-electron chi connectivity index (χ2n) is 6.70. The summed E-state index contributed by atoms with van der Waals surface area (Å²) in [6.07, 6.45) is 5.71. The molecule has 102 valence electrons. The quantitative estimate of drug-likeness (QED) is 0.894. The highest BCUT2D eigenvalue weighted by molar-refractivity contribution is 5.04. The van der Waals surface area contributed by atoms with Crippen molar-refractivity contribution >= 4 is 0 Å². The molecule has 0 radical (unpaired) electrons. The van der Waals surface area contributed by atoms with Crippen molar-refractivity contribution in [3.63, 3.8) is 0 Å². The Kier molecular flexibility index (Phi) is 3.76. The second-order valence-corrected chi connectivity index (χ2v) is 6.70. The Morgan fingerprint density at radius 3 is 2.50 bits per heavy atom. The van der Waals surface area contributed by atoms with Crippen LogP contribution in [-0.2, 0) is 11.8 Å². The Labute approximate surface area is 110 Å². The molecule has 1 aliphatic rings. The van der Waals surface area contributed by atoms with Crippen LogP contribution >= 0.6 is 0 Å². The van der Waals surface area contributed by atoms with Gasteiger partial charge in [0, 0.05) is 23.9 Å². The normalized spacial score (nSPS) is 19.3. The molecule has 1 aliphatic carbocycles. The van der Waals surface area contributed by atoms with Crippen LogP contribution in [0.25, 0.3) is 0 Å². The molecule has 1 fully saturated rings. The van der Waals surface area contributed by atoms with Crippen molar-refractivity contribution < 1.29 is 4.42 Å². The number of hydrogen-bond donors (Lipinski definition) is 1. The minimum atomic E-state index is 0.128. The van der Waals surface area contributed by atoms with Gasteiger partial charge in [-0.05, 0) is 33.6 Å². The Hall–Kier alpha value is -0.900. The SMILES string of the molecule is CC(C)(C)NCCc1nnc(C2(C)CCCC2)o1. The van der Waals surface area contributed by atoms with E-state index < -0.39 is 0 Å². The van der Waals surface area contributed by atoms with Gasteiger partial charge < -0.3 is 9.73 Å². The molecule has 0 unspecified atom stereocenters. The van der Waals surface area contributed by atoms with E-state index in [4.69, 9.17) is 4.42 Å². The Bertz CT molecular complexity index is 386. The fraction of sp³-hybridized carbons (Fsp3) is 0.857. The van der Waals surface area contributed by atoms with Crippen LogP contribution in [0, 0.1) is 0 Å². The van der Waals surface area contributed by atoms with E-state index in [0.717, 1.165) is 24.7 Å². The molecule has 0 bridgehead atoms. The highest BCUT2D eigenvalue weighted by atomic mass is 16.4. The van der Waals surface area contributed by atoms with Gasteiger partial charge in [-0.1, -0.05) is 19.8 Å². The first-order valence-corrected chi connectivity index (χ1v) is 6.97. The van der Waals surface area contributed by atoms with Crippen LogP contribution in [0.2, 0.25) is 0 Å². The zero-order valence-corrected chi connectivity index (χ0v) is 12.0. The maximum atomic E-state index is 5.82. The predicted molar refractivity (Wildman–Crippen MR) is 71.6 cm³/mol. The summed E-state index contributed by atoms with van der Waals surface area (Å²) < 4.78 is 5.82. The zero-order valence-electron chi connectivity index (χ0n) is 12.0. The second kappa shape index (κ2) is 5.00. The van der Waals surface area contributed by atoms with E-state index in [-0.39, 0.29) is 11.0 Å². The van der Waals surface area contributed by atoms with Gasteiger partial charge in [0.1, 0.15) is 0 Å². The summed E-state index contributed by atoms with van der Waals surface area (Å²) >= 11 is 0. The lowest BCUT2D eigenvalue weighted by Crippen LogP contribution is -2.37. The highest BCUT2D eigenvalue weighted by Gasteiger charge is 2.35. The van der Waals surface area contributed by atoms with E-state index in [2.05, 4.69) is 43.2 Å². The topological polar surface area (TPSA) is 51.0 Å². The third-order valence-corrected chi connectivity index (χ3v) is 3.68. The van der Waals surface area contributed by atoms with Crippen molar-refractivity contribution in [2.45, 2.75) is 70.8 Å². The molecule has 0 atom stereocenters. The molecule has 4 heteroatoms. The number of hydrogen-bond acceptors (Lipinski definition) is 4.